The summed E-state index contributed by atoms with van der Waals surface area (Å²) in [6, 6.07) is 13.9. The number of nitrogens with two attached hydrogens (primary N) is 1. The second-order valence-corrected chi connectivity index (χ2v) is 5.77. The number of anilines is 1. The molecule has 1 unspecified atom stereocenters. The monoisotopic (exact) mass is 308 g/mol. The van der Waals surface area contributed by atoms with Gasteiger partial charge in [-0.05, 0) is 42.8 Å². The van der Waals surface area contributed by atoms with E-state index in [1.54, 1.807) is 6.07 Å². The summed E-state index contributed by atoms with van der Waals surface area (Å²) in [5.41, 5.74) is 9.31. The zero-order chi connectivity index (χ0) is 14.7. The molecule has 2 aromatic rings. The van der Waals surface area contributed by atoms with Crippen LogP contribution in [-0.2, 0) is 0 Å². The highest BCUT2D eigenvalue weighted by molar-refractivity contribution is 6.34. The molecule has 2 nitrogen and oxygen atoms in total. The Morgan fingerprint density at radius 3 is 2.10 bits per heavy atom. The Morgan fingerprint density at radius 2 is 1.60 bits per heavy atom. The third-order valence-corrected chi connectivity index (χ3v) is 3.84. The van der Waals surface area contributed by atoms with E-state index < -0.39 is 0 Å². The van der Waals surface area contributed by atoms with E-state index in [1.807, 2.05) is 19.2 Å². The second-order valence-electron chi connectivity index (χ2n) is 4.90. The first-order chi connectivity index (χ1) is 9.51. The van der Waals surface area contributed by atoms with Crippen LogP contribution in [0.25, 0.3) is 0 Å². The first-order valence-corrected chi connectivity index (χ1v) is 7.22. The molecule has 0 fully saturated rings. The summed E-state index contributed by atoms with van der Waals surface area (Å²) >= 11 is 12.2. The quantitative estimate of drug-likeness (QED) is 0.905. The van der Waals surface area contributed by atoms with E-state index in [-0.39, 0.29) is 6.04 Å². The van der Waals surface area contributed by atoms with Crippen LogP contribution in [0.3, 0.4) is 0 Å². The summed E-state index contributed by atoms with van der Waals surface area (Å²) in [7, 11) is 2.02. The Kier molecular flexibility index (Phi) is 4.92. The first-order valence-electron chi connectivity index (χ1n) is 6.47. The number of hydrogen-bond donors (Lipinski definition) is 1. The average Bonchev–Trinajstić information content (AvgIpc) is 2.39. The lowest BCUT2D eigenvalue weighted by Gasteiger charge is -2.30. The first kappa shape index (κ1) is 15.2. The lowest BCUT2D eigenvalue weighted by atomic mass is 10.0. The number of benzene rings is 2. The molecule has 0 saturated heterocycles. The Morgan fingerprint density at radius 1 is 1.05 bits per heavy atom. The fraction of sp³-hybridized carbons (Fsp3) is 0.250. The van der Waals surface area contributed by atoms with E-state index in [2.05, 4.69) is 36.1 Å². The molecular weight excluding hydrogens is 291 g/mol. The number of aryl methyl sites for hydroxylation is 1. The van der Waals surface area contributed by atoms with Gasteiger partial charge >= 0.3 is 0 Å². The third kappa shape index (κ3) is 3.45. The van der Waals surface area contributed by atoms with Crippen LogP contribution in [0.4, 0.5) is 5.69 Å². The summed E-state index contributed by atoms with van der Waals surface area (Å²) in [5, 5.41) is 1.26. The largest absolute Gasteiger partial charge is 0.366 e. The van der Waals surface area contributed by atoms with Gasteiger partial charge in [-0.1, -0.05) is 40.9 Å². The van der Waals surface area contributed by atoms with Gasteiger partial charge in [0.2, 0.25) is 0 Å². The molecule has 0 radical (unpaired) electrons. The van der Waals surface area contributed by atoms with E-state index in [0.717, 1.165) is 11.3 Å². The van der Waals surface area contributed by atoms with Crippen molar-refractivity contribution in [1.29, 1.82) is 0 Å². The Labute approximate surface area is 130 Å². The number of halogens is 2. The predicted molar refractivity (Wildman–Crippen MR) is 87.8 cm³/mol. The molecule has 20 heavy (non-hydrogen) atoms. The van der Waals surface area contributed by atoms with Crippen molar-refractivity contribution in [1.82, 2.24) is 0 Å². The lowest BCUT2D eigenvalue weighted by Crippen LogP contribution is -2.30. The maximum absolute atomic E-state index is 6.08. The van der Waals surface area contributed by atoms with Crippen LogP contribution in [0, 0.1) is 6.92 Å². The summed E-state index contributed by atoms with van der Waals surface area (Å²) < 4.78 is 0. The van der Waals surface area contributed by atoms with Crippen molar-refractivity contribution in [3.05, 3.63) is 63.6 Å². The maximum atomic E-state index is 6.08. The van der Waals surface area contributed by atoms with Gasteiger partial charge in [-0.3, -0.25) is 0 Å². The highest BCUT2D eigenvalue weighted by Gasteiger charge is 2.17. The normalized spacial score (nSPS) is 12.2. The summed E-state index contributed by atoms with van der Waals surface area (Å²) in [4.78, 5) is 2.14. The molecule has 0 aromatic heterocycles. The van der Waals surface area contributed by atoms with Crippen molar-refractivity contribution in [2.45, 2.75) is 13.0 Å². The molecule has 2 N–H and O–H groups in total. The van der Waals surface area contributed by atoms with Crippen molar-refractivity contribution in [3.63, 3.8) is 0 Å². The lowest BCUT2D eigenvalue weighted by molar-refractivity contribution is 0.681. The minimum atomic E-state index is 0.0360. The maximum Gasteiger partial charge on any atom is 0.0662 e. The van der Waals surface area contributed by atoms with Gasteiger partial charge in [0.15, 0.2) is 0 Å². The summed E-state index contributed by atoms with van der Waals surface area (Å²) in [6.07, 6.45) is 0. The van der Waals surface area contributed by atoms with E-state index in [1.165, 1.54) is 5.56 Å². The highest BCUT2D eigenvalue weighted by atomic mass is 35.5. The highest BCUT2D eigenvalue weighted by Crippen LogP contribution is 2.29. The van der Waals surface area contributed by atoms with Crippen molar-refractivity contribution >= 4 is 28.9 Å². The van der Waals surface area contributed by atoms with Crippen LogP contribution >= 0.6 is 23.2 Å². The molecule has 0 aliphatic carbocycles. The van der Waals surface area contributed by atoms with Gasteiger partial charge in [-0.15, -0.1) is 0 Å². The molecule has 0 heterocycles. The number of likely N-dealkylation sites (N-methyl/N-ethyl adjacent to an activating group) is 1. The second kappa shape index (κ2) is 6.49. The fourth-order valence-corrected chi connectivity index (χ4v) is 2.79. The minimum Gasteiger partial charge on any atom is -0.366 e. The summed E-state index contributed by atoms with van der Waals surface area (Å²) in [5.74, 6) is 0. The Balaban J connectivity index is 2.33. The van der Waals surface area contributed by atoms with Crippen LogP contribution in [0.1, 0.15) is 17.2 Å². The number of hydrogen-bond acceptors (Lipinski definition) is 2. The van der Waals surface area contributed by atoms with Gasteiger partial charge < -0.3 is 10.6 Å². The SMILES string of the molecule is Cc1ccc(N(C)C(CN)c2cc(Cl)cc(Cl)c2)cc1. The smallest absolute Gasteiger partial charge is 0.0662 e. The van der Waals surface area contributed by atoms with E-state index in [4.69, 9.17) is 28.9 Å². The van der Waals surface area contributed by atoms with E-state index in [0.29, 0.717) is 16.6 Å². The number of nitrogens with zero attached hydrogens (tertiary/aromatic N) is 1. The third-order valence-electron chi connectivity index (χ3n) is 3.40. The van der Waals surface area contributed by atoms with Crippen LogP contribution in [0.15, 0.2) is 42.5 Å². The molecule has 0 aliphatic heterocycles. The molecule has 0 spiro atoms. The van der Waals surface area contributed by atoms with E-state index in [9.17, 15) is 0 Å². The van der Waals surface area contributed by atoms with Gasteiger partial charge in [0.25, 0.3) is 0 Å². The predicted octanol–water partition coefficient (Wildman–Crippen LogP) is 4.44. The molecule has 106 valence electrons. The minimum absolute atomic E-state index is 0.0360. The zero-order valence-electron chi connectivity index (χ0n) is 11.6. The zero-order valence-corrected chi connectivity index (χ0v) is 13.1. The van der Waals surface area contributed by atoms with Crippen molar-refractivity contribution < 1.29 is 0 Å². The van der Waals surface area contributed by atoms with Gasteiger partial charge in [0.05, 0.1) is 6.04 Å². The standard InChI is InChI=1S/C16H18Cl2N2/c1-11-3-5-15(6-4-11)20(2)16(10-19)12-7-13(17)9-14(18)8-12/h3-9,16H,10,19H2,1-2H3. The van der Waals surface area contributed by atoms with Crippen LogP contribution in [0.2, 0.25) is 10.0 Å². The van der Waals surface area contributed by atoms with Crippen LogP contribution in [-0.4, -0.2) is 13.6 Å². The number of rotatable bonds is 4. The molecular formula is C16H18Cl2N2. The summed E-state index contributed by atoms with van der Waals surface area (Å²) in [6.45, 7) is 2.56. The molecule has 0 saturated carbocycles. The average molecular weight is 309 g/mol. The van der Waals surface area contributed by atoms with Gasteiger partial charge in [0.1, 0.15) is 0 Å². The molecule has 2 aromatic carbocycles. The molecule has 1 atom stereocenters. The van der Waals surface area contributed by atoms with E-state index >= 15 is 0 Å². The Hall–Kier alpha value is -1.22. The van der Waals surface area contributed by atoms with Gasteiger partial charge in [-0.2, -0.15) is 0 Å². The van der Waals surface area contributed by atoms with Gasteiger partial charge in [0, 0.05) is 29.3 Å². The fourth-order valence-electron chi connectivity index (χ4n) is 2.25. The molecule has 0 amide bonds. The molecule has 0 aliphatic rings. The molecule has 4 heteroatoms. The van der Waals surface area contributed by atoms with Crippen LogP contribution < -0.4 is 10.6 Å². The molecule has 0 bridgehead atoms. The Bertz CT molecular complexity index is 561. The van der Waals surface area contributed by atoms with Crippen molar-refractivity contribution in [2.24, 2.45) is 5.73 Å². The van der Waals surface area contributed by atoms with Crippen molar-refractivity contribution in [3.8, 4) is 0 Å². The molecule has 2 rings (SSSR count). The topological polar surface area (TPSA) is 29.3 Å². The van der Waals surface area contributed by atoms with Gasteiger partial charge in [-0.25, -0.2) is 0 Å². The van der Waals surface area contributed by atoms with Crippen LogP contribution in [0.5, 0.6) is 0 Å². The van der Waals surface area contributed by atoms with Crippen molar-refractivity contribution in [2.75, 3.05) is 18.5 Å².